The van der Waals surface area contributed by atoms with E-state index in [-0.39, 0.29) is 36.1 Å². The fraction of sp³-hybridized carbons (Fsp3) is 0.500. The number of alkyl halides is 2. The number of nitrogens with zero attached hydrogens (tertiary/aromatic N) is 7. The molecule has 0 spiro atoms. The van der Waals surface area contributed by atoms with Crippen LogP contribution in [0, 0.1) is 23.2 Å². The normalized spacial score (nSPS) is 23.2. The Kier molecular flexibility index (Phi) is 5.43. The zero-order valence-electron chi connectivity index (χ0n) is 19.4. The molecule has 3 aliphatic rings. The zero-order chi connectivity index (χ0) is 24.9. The van der Waals surface area contributed by atoms with Crippen LogP contribution in [0.3, 0.4) is 0 Å². The molecule has 36 heavy (non-hydrogen) atoms. The maximum Gasteiger partial charge on any atom is 0.319 e. The number of nitrogens with one attached hydrogen (secondary N) is 1. The van der Waals surface area contributed by atoms with E-state index in [2.05, 4.69) is 36.1 Å². The smallest absolute Gasteiger partial charge is 0.319 e. The Labute approximate surface area is 205 Å². The van der Waals surface area contributed by atoms with Crippen molar-refractivity contribution < 1.29 is 18.3 Å². The summed E-state index contributed by atoms with van der Waals surface area (Å²) in [6.07, 6.45) is 4.13. The molecular formula is C24H24F2N8O2. The van der Waals surface area contributed by atoms with Crippen LogP contribution in [-0.2, 0) is 0 Å². The Morgan fingerprint density at radius 2 is 2.08 bits per heavy atom. The second-order valence-corrected chi connectivity index (χ2v) is 9.72. The molecule has 1 unspecified atom stereocenters. The summed E-state index contributed by atoms with van der Waals surface area (Å²) in [4.78, 5) is 29.0. The fourth-order valence-corrected chi connectivity index (χ4v) is 4.91. The van der Waals surface area contributed by atoms with Crippen molar-refractivity contribution in [2.75, 3.05) is 37.7 Å². The van der Waals surface area contributed by atoms with Crippen LogP contribution in [0.25, 0.3) is 11.0 Å². The number of carbonyl (C=O) groups excluding carboxylic acids is 1. The highest BCUT2D eigenvalue weighted by Gasteiger charge is 2.47. The number of H-pyrrole nitrogens is 1. The van der Waals surface area contributed by atoms with E-state index in [4.69, 9.17) is 10.00 Å². The van der Waals surface area contributed by atoms with Crippen molar-refractivity contribution in [1.29, 1.82) is 5.26 Å². The summed E-state index contributed by atoms with van der Waals surface area (Å²) in [5, 5.41) is 17.5. The summed E-state index contributed by atoms with van der Waals surface area (Å²) in [5.41, 5.74) is 1.79. The van der Waals surface area contributed by atoms with E-state index < -0.39 is 24.9 Å². The van der Waals surface area contributed by atoms with E-state index in [1.165, 1.54) is 0 Å². The first-order valence-corrected chi connectivity index (χ1v) is 12.0. The number of carbonyl (C=O) groups is 1. The van der Waals surface area contributed by atoms with Crippen molar-refractivity contribution >= 4 is 22.8 Å². The van der Waals surface area contributed by atoms with Crippen LogP contribution in [-0.4, -0.2) is 74.7 Å². The molecule has 1 amide bonds. The van der Waals surface area contributed by atoms with Gasteiger partial charge in [-0.1, -0.05) is 0 Å². The molecule has 2 aliphatic heterocycles. The van der Waals surface area contributed by atoms with E-state index in [1.807, 2.05) is 12.1 Å². The average Bonchev–Trinajstić information content (AvgIpc) is 3.52. The van der Waals surface area contributed by atoms with Gasteiger partial charge in [0.25, 0.3) is 11.8 Å². The molecular weight excluding hydrogens is 470 g/mol. The number of hydrogen-bond acceptors (Lipinski definition) is 8. The van der Waals surface area contributed by atoms with Gasteiger partial charge in [0.2, 0.25) is 0 Å². The van der Waals surface area contributed by atoms with Crippen molar-refractivity contribution in [3.63, 3.8) is 0 Å². The van der Waals surface area contributed by atoms with Gasteiger partial charge in [0.1, 0.15) is 11.5 Å². The third kappa shape index (κ3) is 4.29. The minimum Gasteiger partial charge on any atom is -0.463 e. The summed E-state index contributed by atoms with van der Waals surface area (Å²) in [6.45, 7) is 0.379. The Morgan fingerprint density at radius 1 is 1.28 bits per heavy atom. The summed E-state index contributed by atoms with van der Waals surface area (Å²) >= 11 is 0. The molecule has 3 fully saturated rings. The number of halogens is 2. The second kappa shape index (κ2) is 8.65. The van der Waals surface area contributed by atoms with E-state index in [0.29, 0.717) is 18.9 Å². The lowest BCUT2D eigenvalue weighted by Crippen LogP contribution is -2.58. The number of amides is 1. The number of fused-ring (bicyclic) bond motifs is 1. The van der Waals surface area contributed by atoms with Gasteiger partial charge in [-0.3, -0.25) is 9.89 Å². The minimum absolute atomic E-state index is 0.0261. The lowest BCUT2D eigenvalue weighted by Gasteiger charge is -2.38. The predicted molar refractivity (Wildman–Crippen MR) is 124 cm³/mol. The van der Waals surface area contributed by atoms with Crippen LogP contribution < -0.4 is 9.64 Å². The SMILES string of the molecule is N#CC1C[C@@H]1COc1nc(C(=O)N2CC(F)(F)C2)cc(N2CCC(c3n[nH]c4ncccc34)CC2)n1. The molecule has 1 aliphatic carbocycles. The Hall–Kier alpha value is -3.88. The first kappa shape index (κ1) is 22.6. The summed E-state index contributed by atoms with van der Waals surface area (Å²) in [7, 11) is 0. The van der Waals surface area contributed by atoms with Gasteiger partial charge in [-0.25, -0.2) is 13.8 Å². The van der Waals surface area contributed by atoms with Gasteiger partial charge in [-0.05, 0) is 31.4 Å². The highest BCUT2D eigenvalue weighted by Crippen LogP contribution is 2.38. The van der Waals surface area contributed by atoms with Crippen molar-refractivity contribution in [3.05, 3.63) is 35.8 Å². The van der Waals surface area contributed by atoms with Gasteiger partial charge >= 0.3 is 6.01 Å². The van der Waals surface area contributed by atoms with Gasteiger partial charge in [-0.2, -0.15) is 20.3 Å². The largest absolute Gasteiger partial charge is 0.463 e. The number of aromatic amines is 1. The third-order valence-corrected chi connectivity index (χ3v) is 7.13. The molecule has 10 nitrogen and oxygen atoms in total. The average molecular weight is 495 g/mol. The van der Waals surface area contributed by atoms with E-state index >= 15 is 0 Å². The Morgan fingerprint density at radius 3 is 2.81 bits per heavy atom. The van der Waals surface area contributed by atoms with Crippen LogP contribution in [0.2, 0.25) is 0 Å². The molecule has 186 valence electrons. The monoisotopic (exact) mass is 494 g/mol. The molecule has 1 saturated carbocycles. The van der Waals surface area contributed by atoms with Crippen molar-refractivity contribution in [3.8, 4) is 12.1 Å². The van der Waals surface area contributed by atoms with Gasteiger partial charge in [0.05, 0.1) is 37.4 Å². The number of anilines is 1. The fourth-order valence-electron chi connectivity index (χ4n) is 4.91. The Balaban J connectivity index is 1.19. The lowest BCUT2D eigenvalue weighted by molar-refractivity contribution is -0.113. The summed E-state index contributed by atoms with van der Waals surface area (Å²) in [6, 6.07) is 7.69. The van der Waals surface area contributed by atoms with Crippen LogP contribution in [0.4, 0.5) is 14.6 Å². The molecule has 6 rings (SSSR count). The standard InChI is InChI=1S/C24H24F2N8O2/c25-24(26)12-34(13-24)22(35)18-9-19(30-23(29-18)36-11-16-8-15(16)10-27)33-6-3-14(4-7-33)20-17-2-1-5-28-21(17)32-31-20/h1-2,5,9,14-16H,3-4,6-8,11-13H2,(H,28,31,32)/t15?,16-/m1/s1. The van der Waals surface area contributed by atoms with Crippen LogP contribution in [0.15, 0.2) is 24.4 Å². The summed E-state index contributed by atoms with van der Waals surface area (Å²) in [5.74, 6) is -2.58. The minimum atomic E-state index is -2.86. The molecule has 2 atom stereocenters. The molecule has 12 heteroatoms. The number of pyridine rings is 1. The van der Waals surface area contributed by atoms with E-state index in [1.54, 1.807) is 12.3 Å². The van der Waals surface area contributed by atoms with Gasteiger partial charge in [-0.15, -0.1) is 0 Å². The van der Waals surface area contributed by atoms with Gasteiger partial charge in [0, 0.05) is 42.6 Å². The van der Waals surface area contributed by atoms with Crippen LogP contribution >= 0.6 is 0 Å². The molecule has 0 aromatic carbocycles. The maximum absolute atomic E-state index is 13.4. The quantitative estimate of drug-likeness (QED) is 0.555. The third-order valence-electron chi connectivity index (χ3n) is 7.13. The zero-order valence-corrected chi connectivity index (χ0v) is 19.4. The van der Waals surface area contributed by atoms with Gasteiger partial charge in [0.15, 0.2) is 5.65 Å². The molecule has 5 heterocycles. The van der Waals surface area contributed by atoms with Crippen LogP contribution in [0.5, 0.6) is 6.01 Å². The highest BCUT2D eigenvalue weighted by atomic mass is 19.3. The van der Waals surface area contributed by atoms with Crippen molar-refractivity contribution in [2.45, 2.75) is 31.1 Å². The predicted octanol–water partition coefficient (Wildman–Crippen LogP) is 2.76. The number of hydrogen-bond donors (Lipinski definition) is 1. The number of nitriles is 1. The summed E-state index contributed by atoms with van der Waals surface area (Å²) < 4.78 is 32.5. The lowest BCUT2D eigenvalue weighted by atomic mass is 9.92. The number of rotatable bonds is 6. The maximum atomic E-state index is 13.4. The molecule has 0 radical (unpaired) electrons. The topological polar surface area (TPSA) is 124 Å². The highest BCUT2D eigenvalue weighted by molar-refractivity contribution is 5.93. The number of ether oxygens (including phenoxy) is 1. The van der Waals surface area contributed by atoms with E-state index in [0.717, 1.165) is 40.9 Å². The first-order valence-electron chi connectivity index (χ1n) is 12.0. The number of piperidine rings is 1. The molecule has 2 saturated heterocycles. The van der Waals surface area contributed by atoms with Gasteiger partial charge < -0.3 is 14.5 Å². The van der Waals surface area contributed by atoms with Crippen molar-refractivity contribution in [1.82, 2.24) is 30.0 Å². The Bertz CT molecular complexity index is 1340. The molecule has 0 bridgehead atoms. The number of likely N-dealkylation sites (tertiary alicyclic amines) is 1. The molecule has 3 aromatic heterocycles. The number of aromatic nitrogens is 5. The first-order chi connectivity index (χ1) is 17.4. The molecule has 1 N–H and O–H groups in total. The van der Waals surface area contributed by atoms with Crippen LogP contribution in [0.1, 0.15) is 41.4 Å². The van der Waals surface area contributed by atoms with Crippen molar-refractivity contribution in [2.24, 2.45) is 11.8 Å². The molecule has 3 aromatic rings. The second-order valence-electron chi connectivity index (χ2n) is 9.72. The van der Waals surface area contributed by atoms with E-state index in [9.17, 15) is 13.6 Å².